The minimum absolute atomic E-state index is 0.206. The number of nitrogens with one attached hydrogen (secondary N) is 1. The molecule has 0 spiro atoms. The molecule has 0 heterocycles. The van der Waals surface area contributed by atoms with E-state index in [1.54, 1.807) is 31.2 Å². The second-order valence-corrected chi connectivity index (χ2v) is 5.14. The van der Waals surface area contributed by atoms with Gasteiger partial charge in [0, 0.05) is 16.7 Å². The Morgan fingerprint density at radius 2 is 2.05 bits per heavy atom. The molecule has 0 saturated heterocycles. The lowest BCUT2D eigenvalue weighted by atomic mass is 10.1. The second-order valence-electron chi connectivity index (χ2n) is 4.70. The Kier molecular flexibility index (Phi) is 5.33. The van der Waals surface area contributed by atoms with E-state index < -0.39 is 23.6 Å². The Morgan fingerprint density at radius 3 is 2.73 bits per heavy atom. The Bertz CT molecular complexity index is 679. The number of amides is 1. The van der Waals surface area contributed by atoms with E-state index in [0.29, 0.717) is 10.8 Å². The summed E-state index contributed by atoms with van der Waals surface area (Å²) in [7, 11) is 0. The summed E-state index contributed by atoms with van der Waals surface area (Å²) < 4.78 is 31.8. The van der Waals surface area contributed by atoms with Gasteiger partial charge >= 0.3 is 0 Å². The van der Waals surface area contributed by atoms with Crippen LogP contribution in [0.15, 0.2) is 42.5 Å². The third-order valence-electron chi connectivity index (χ3n) is 2.97. The fraction of sp³-hybridized carbons (Fsp3) is 0.188. The number of hydrogen-bond donors (Lipinski definition) is 1. The smallest absolute Gasteiger partial charge is 0.258 e. The van der Waals surface area contributed by atoms with Crippen LogP contribution >= 0.6 is 11.6 Å². The molecule has 0 aromatic heterocycles. The maximum absolute atomic E-state index is 13.6. The first-order valence-electron chi connectivity index (χ1n) is 6.58. The van der Waals surface area contributed by atoms with Gasteiger partial charge in [0.25, 0.3) is 5.91 Å². The van der Waals surface area contributed by atoms with Crippen molar-refractivity contribution in [3.63, 3.8) is 0 Å². The van der Waals surface area contributed by atoms with Gasteiger partial charge in [-0.1, -0.05) is 23.7 Å². The number of halogens is 3. The molecule has 0 fully saturated rings. The fourth-order valence-electron chi connectivity index (χ4n) is 1.92. The zero-order chi connectivity index (χ0) is 16.1. The average Bonchev–Trinajstić information content (AvgIpc) is 2.45. The highest BCUT2D eigenvalue weighted by Gasteiger charge is 2.14. The lowest BCUT2D eigenvalue weighted by Crippen LogP contribution is -2.31. The van der Waals surface area contributed by atoms with Crippen molar-refractivity contribution in [3.8, 4) is 5.75 Å². The zero-order valence-electron chi connectivity index (χ0n) is 11.8. The number of hydrogen-bond acceptors (Lipinski definition) is 2. The minimum Gasteiger partial charge on any atom is -0.484 e. The second kappa shape index (κ2) is 7.22. The normalized spacial score (nSPS) is 11.8. The predicted octanol–water partition coefficient (Wildman–Crippen LogP) is 3.87. The summed E-state index contributed by atoms with van der Waals surface area (Å²) in [6.07, 6.45) is 0. The van der Waals surface area contributed by atoms with Crippen molar-refractivity contribution < 1.29 is 18.3 Å². The van der Waals surface area contributed by atoms with Gasteiger partial charge in [0.2, 0.25) is 0 Å². The third kappa shape index (κ3) is 4.43. The van der Waals surface area contributed by atoms with Crippen LogP contribution in [0.1, 0.15) is 18.5 Å². The van der Waals surface area contributed by atoms with Crippen molar-refractivity contribution in [2.75, 3.05) is 6.61 Å². The number of ether oxygens (including phenoxy) is 1. The summed E-state index contributed by atoms with van der Waals surface area (Å²) in [6.45, 7) is 1.38. The molecule has 2 aromatic rings. The van der Waals surface area contributed by atoms with Crippen LogP contribution in [0.25, 0.3) is 0 Å². The quantitative estimate of drug-likeness (QED) is 0.906. The predicted molar refractivity (Wildman–Crippen MR) is 79.9 cm³/mol. The van der Waals surface area contributed by atoms with Crippen LogP contribution in [0, 0.1) is 11.6 Å². The Hall–Kier alpha value is -2.14. The van der Waals surface area contributed by atoms with Crippen molar-refractivity contribution in [2.45, 2.75) is 13.0 Å². The van der Waals surface area contributed by atoms with Crippen LogP contribution in [-0.4, -0.2) is 12.5 Å². The van der Waals surface area contributed by atoms with Crippen molar-refractivity contribution in [1.29, 1.82) is 0 Å². The summed E-state index contributed by atoms with van der Waals surface area (Å²) in [5.41, 5.74) is 0.206. The lowest BCUT2D eigenvalue weighted by molar-refractivity contribution is -0.123. The van der Waals surface area contributed by atoms with E-state index in [-0.39, 0.29) is 12.2 Å². The summed E-state index contributed by atoms with van der Waals surface area (Å²) in [5.74, 6) is -1.33. The van der Waals surface area contributed by atoms with Gasteiger partial charge in [0.15, 0.2) is 6.61 Å². The van der Waals surface area contributed by atoms with Gasteiger partial charge in [-0.3, -0.25) is 4.79 Å². The topological polar surface area (TPSA) is 38.3 Å². The van der Waals surface area contributed by atoms with E-state index in [4.69, 9.17) is 16.3 Å². The first-order chi connectivity index (χ1) is 10.5. The monoisotopic (exact) mass is 325 g/mol. The number of carbonyl (C=O) groups is 1. The summed E-state index contributed by atoms with van der Waals surface area (Å²) in [5, 5.41) is 3.08. The Morgan fingerprint density at radius 1 is 1.27 bits per heavy atom. The van der Waals surface area contributed by atoms with Gasteiger partial charge < -0.3 is 10.1 Å². The zero-order valence-corrected chi connectivity index (χ0v) is 12.5. The molecule has 0 aliphatic rings. The van der Waals surface area contributed by atoms with E-state index in [2.05, 4.69) is 5.32 Å². The fourth-order valence-corrected chi connectivity index (χ4v) is 2.10. The molecule has 22 heavy (non-hydrogen) atoms. The lowest BCUT2D eigenvalue weighted by Gasteiger charge is -2.15. The van der Waals surface area contributed by atoms with Gasteiger partial charge in [-0.25, -0.2) is 8.78 Å². The average molecular weight is 326 g/mol. The van der Waals surface area contributed by atoms with Crippen LogP contribution < -0.4 is 10.1 Å². The molecule has 116 valence electrons. The van der Waals surface area contributed by atoms with Gasteiger partial charge in [0.05, 0.1) is 6.04 Å². The third-order valence-corrected chi connectivity index (χ3v) is 3.21. The molecule has 1 amide bonds. The molecule has 0 unspecified atom stereocenters. The van der Waals surface area contributed by atoms with Crippen molar-refractivity contribution in [2.24, 2.45) is 0 Å². The molecule has 0 bridgehead atoms. The number of rotatable bonds is 5. The maximum atomic E-state index is 13.6. The van der Waals surface area contributed by atoms with E-state index in [9.17, 15) is 13.6 Å². The maximum Gasteiger partial charge on any atom is 0.258 e. The Labute approximate surface area is 131 Å². The van der Waals surface area contributed by atoms with Crippen molar-refractivity contribution >= 4 is 17.5 Å². The van der Waals surface area contributed by atoms with Crippen molar-refractivity contribution in [1.82, 2.24) is 5.32 Å². The highest BCUT2D eigenvalue weighted by molar-refractivity contribution is 6.30. The molecule has 0 aliphatic heterocycles. The molecule has 0 aliphatic carbocycles. The molecule has 6 heteroatoms. The first-order valence-corrected chi connectivity index (χ1v) is 6.96. The van der Waals surface area contributed by atoms with Crippen LogP contribution in [0.3, 0.4) is 0 Å². The molecule has 3 nitrogen and oxygen atoms in total. The molecule has 2 rings (SSSR count). The van der Waals surface area contributed by atoms with E-state index in [1.807, 2.05) is 0 Å². The first kappa shape index (κ1) is 16.2. The molecule has 2 aromatic carbocycles. The van der Waals surface area contributed by atoms with E-state index in [1.165, 1.54) is 6.07 Å². The molecule has 0 radical (unpaired) electrons. The SMILES string of the molecule is C[C@H](NC(=O)COc1cccc(Cl)c1)c1ccc(F)cc1F. The van der Waals surface area contributed by atoms with E-state index in [0.717, 1.165) is 12.1 Å². The van der Waals surface area contributed by atoms with Gasteiger partial charge in [-0.2, -0.15) is 0 Å². The molecule has 1 atom stereocenters. The van der Waals surface area contributed by atoms with Crippen LogP contribution in [0.5, 0.6) is 5.75 Å². The summed E-state index contributed by atoms with van der Waals surface area (Å²) in [6, 6.07) is 9.26. The number of benzene rings is 2. The van der Waals surface area contributed by atoms with Crippen LogP contribution in [0.4, 0.5) is 8.78 Å². The van der Waals surface area contributed by atoms with E-state index >= 15 is 0 Å². The molecular weight excluding hydrogens is 312 g/mol. The van der Waals surface area contributed by atoms with Gasteiger partial charge in [-0.05, 0) is 31.2 Å². The van der Waals surface area contributed by atoms with Crippen molar-refractivity contribution in [3.05, 3.63) is 64.7 Å². The number of carbonyl (C=O) groups excluding carboxylic acids is 1. The van der Waals surface area contributed by atoms with Crippen LogP contribution in [-0.2, 0) is 4.79 Å². The summed E-state index contributed by atoms with van der Waals surface area (Å²) in [4.78, 5) is 11.8. The molecule has 0 saturated carbocycles. The standard InChI is InChI=1S/C16H14ClF2NO2/c1-10(14-6-5-12(18)8-15(14)19)20-16(21)9-22-13-4-2-3-11(17)7-13/h2-8,10H,9H2,1H3,(H,20,21)/t10-/m0/s1. The largest absolute Gasteiger partial charge is 0.484 e. The minimum atomic E-state index is -0.705. The Balaban J connectivity index is 1.91. The van der Waals surface area contributed by atoms with Crippen LogP contribution in [0.2, 0.25) is 5.02 Å². The van der Waals surface area contributed by atoms with Gasteiger partial charge in [-0.15, -0.1) is 0 Å². The summed E-state index contributed by atoms with van der Waals surface area (Å²) >= 11 is 5.80. The highest BCUT2D eigenvalue weighted by Crippen LogP contribution is 2.18. The van der Waals surface area contributed by atoms with Gasteiger partial charge in [0.1, 0.15) is 17.4 Å². The molecular formula is C16H14ClF2NO2. The molecule has 1 N–H and O–H groups in total. The highest BCUT2D eigenvalue weighted by atomic mass is 35.5.